The SMILES string of the molecule is Cc1cccc(NS(=O)(=O)c2cccc(C(=O)Nc3ccc4ccccc4n3)c2)c1. The predicted octanol–water partition coefficient (Wildman–Crippen LogP) is 4.60. The molecule has 0 saturated carbocycles. The summed E-state index contributed by atoms with van der Waals surface area (Å²) in [5, 5.41) is 3.68. The Morgan fingerprint density at radius 3 is 2.50 bits per heavy atom. The first-order valence-electron chi connectivity index (χ1n) is 9.27. The second kappa shape index (κ2) is 7.96. The quantitative estimate of drug-likeness (QED) is 0.497. The van der Waals surface area contributed by atoms with E-state index in [1.54, 1.807) is 30.3 Å². The van der Waals surface area contributed by atoms with Gasteiger partial charge in [-0.15, -0.1) is 0 Å². The van der Waals surface area contributed by atoms with Crippen molar-refractivity contribution in [1.82, 2.24) is 4.98 Å². The predicted molar refractivity (Wildman–Crippen MR) is 118 cm³/mol. The molecule has 2 N–H and O–H groups in total. The number of fused-ring (bicyclic) bond motifs is 1. The van der Waals surface area contributed by atoms with Crippen molar-refractivity contribution < 1.29 is 13.2 Å². The third-order valence-corrected chi connectivity index (χ3v) is 5.90. The molecule has 0 aliphatic rings. The summed E-state index contributed by atoms with van der Waals surface area (Å²) >= 11 is 0. The van der Waals surface area contributed by atoms with Crippen LogP contribution in [0.15, 0.2) is 89.8 Å². The molecule has 0 bridgehead atoms. The molecule has 4 aromatic rings. The Morgan fingerprint density at radius 2 is 1.67 bits per heavy atom. The second-order valence-corrected chi connectivity index (χ2v) is 8.53. The van der Waals surface area contributed by atoms with Crippen LogP contribution in [0.4, 0.5) is 11.5 Å². The molecule has 1 amide bonds. The number of carbonyl (C=O) groups is 1. The number of nitrogens with zero attached hydrogens (tertiary/aromatic N) is 1. The molecular formula is C23H19N3O3S. The largest absolute Gasteiger partial charge is 0.307 e. The first kappa shape index (κ1) is 19.6. The number of pyridine rings is 1. The van der Waals surface area contributed by atoms with Crippen LogP contribution in [0.3, 0.4) is 0 Å². The average Bonchev–Trinajstić information content (AvgIpc) is 2.73. The fourth-order valence-corrected chi connectivity index (χ4v) is 4.15. The minimum atomic E-state index is -3.83. The lowest BCUT2D eigenvalue weighted by Crippen LogP contribution is -2.16. The van der Waals surface area contributed by atoms with Crippen molar-refractivity contribution in [3.63, 3.8) is 0 Å². The minimum Gasteiger partial charge on any atom is -0.307 e. The van der Waals surface area contributed by atoms with Crippen molar-refractivity contribution in [2.75, 3.05) is 10.0 Å². The van der Waals surface area contributed by atoms with Gasteiger partial charge < -0.3 is 5.32 Å². The van der Waals surface area contributed by atoms with Gasteiger partial charge in [0.15, 0.2) is 0 Å². The highest BCUT2D eigenvalue weighted by atomic mass is 32.2. The average molecular weight is 417 g/mol. The third kappa shape index (κ3) is 4.31. The zero-order chi connectivity index (χ0) is 21.1. The van der Waals surface area contributed by atoms with E-state index in [0.717, 1.165) is 16.5 Å². The Bertz CT molecular complexity index is 1350. The smallest absolute Gasteiger partial charge is 0.261 e. The van der Waals surface area contributed by atoms with Gasteiger partial charge in [0.1, 0.15) is 5.82 Å². The first-order valence-corrected chi connectivity index (χ1v) is 10.8. The number of aryl methyl sites for hydroxylation is 1. The Kier molecular flexibility index (Phi) is 5.20. The molecule has 3 aromatic carbocycles. The normalized spacial score (nSPS) is 11.2. The Morgan fingerprint density at radius 1 is 0.867 bits per heavy atom. The summed E-state index contributed by atoms with van der Waals surface area (Å²) in [5.74, 6) is -0.0461. The molecule has 0 fully saturated rings. The number of rotatable bonds is 5. The number of para-hydroxylation sites is 1. The van der Waals surface area contributed by atoms with Crippen LogP contribution in [0.5, 0.6) is 0 Å². The molecule has 1 aromatic heterocycles. The van der Waals surface area contributed by atoms with Crippen molar-refractivity contribution in [3.8, 4) is 0 Å². The summed E-state index contributed by atoms with van der Waals surface area (Å²) in [7, 11) is -3.83. The number of aromatic nitrogens is 1. The fourth-order valence-electron chi connectivity index (χ4n) is 3.05. The molecule has 7 heteroatoms. The van der Waals surface area contributed by atoms with Gasteiger partial charge in [-0.05, 0) is 61.0 Å². The van der Waals surface area contributed by atoms with Gasteiger partial charge >= 0.3 is 0 Å². The van der Waals surface area contributed by atoms with Crippen LogP contribution in [0.1, 0.15) is 15.9 Å². The number of nitrogens with one attached hydrogen (secondary N) is 2. The summed E-state index contributed by atoms with van der Waals surface area (Å²) in [6.45, 7) is 1.88. The Hall–Kier alpha value is -3.71. The van der Waals surface area contributed by atoms with Crippen molar-refractivity contribution in [2.24, 2.45) is 0 Å². The number of anilines is 2. The van der Waals surface area contributed by atoms with Crippen molar-refractivity contribution in [2.45, 2.75) is 11.8 Å². The fraction of sp³-hybridized carbons (Fsp3) is 0.0435. The Balaban J connectivity index is 1.56. The summed E-state index contributed by atoms with van der Waals surface area (Å²) in [4.78, 5) is 17.1. The number of benzene rings is 3. The molecule has 4 rings (SSSR count). The third-order valence-electron chi connectivity index (χ3n) is 4.52. The van der Waals surface area contributed by atoms with Gasteiger partial charge in [0.25, 0.3) is 15.9 Å². The zero-order valence-electron chi connectivity index (χ0n) is 16.2. The summed E-state index contributed by atoms with van der Waals surface area (Å²) in [6, 6.07) is 24.1. The van der Waals surface area contributed by atoms with Crippen molar-refractivity contribution >= 4 is 38.3 Å². The molecule has 0 radical (unpaired) electrons. The molecule has 6 nitrogen and oxygen atoms in total. The molecular weight excluding hydrogens is 398 g/mol. The van der Waals surface area contributed by atoms with Crippen molar-refractivity contribution in [1.29, 1.82) is 0 Å². The van der Waals surface area contributed by atoms with E-state index in [4.69, 9.17) is 0 Å². The number of sulfonamides is 1. The molecule has 0 spiro atoms. The lowest BCUT2D eigenvalue weighted by Gasteiger charge is -2.10. The Labute approximate surface area is 174 Å². The van der Waals surface area contributed by atoms with E-state index >= 15 is 0 Å². The summed E-state index contributed by atoms with van der Waals surface area (Å²) < 4.78 is 28.0. The molecule has 1 heterocycles. The maximum Gasteiger partial charge on any atom is 0.261 e. The number of hydrogen-bond acceptors (Lipinski definition) is 4. The lowest BCUT2D eigenvalue weighted by molar-refractivity contribution is 0.102. The van der Waals surface area contributed by atoms with Gasteiger partial charge in [0.2, 0.25) is 0 Å². The van der Waals surface area contributed by atoms with Crippen LogP contribution in [0.25, 0.3) is 10.9 Å². The van der Waals surface area contributed by atoms with Crippen molar-refractivity contribution in [3.05, 3.63) is 96.1 Å². The van der Waals surface area contributed by atoms with Gasteiger partial charge in [0, 0.05) is 16.6 Å². The zero-order valence-corrected chi connectivity index (χ0v) is 17.0. The number of carbonyl (C=O) groups excluding carboxylic acids is 1. The maximum absolute atomic E-state index is 12.7. The number of hydrogen-bond donors (Lipinski definition) is 2. The monoisotopic (exact) mass is 417 g/mol. The summed E-state index contributed by atoms with van der Waals surface area (Å²) in [6.07, 6.45) is 0. The topological polar surface area (TPSA) is 88.2 Å². The van der Waals surface area contributed by atoms with Gasteiger partial charge in [0.05, 0.1) is 10.4 Å². The highest BCUT2D eigenvalue weighted by Gasteiger charge is 2.17. The maximum atomic E-state index is 12.7. The van der Waals surface area contributed by atoms with Gasteiger partial charge in [-0.25, -0.2) is 13.4 Å². The molecule has 0 atom stereocenters. The highest BCUT2D eigenvalue weighted by Crippen LogP contribution is 2.19. The van der Waals surface area contributed by atoms with E-state index in [2.05, 4.69) is 15.0 Å². The highest BCUT2D eigenvalue weighted by molar-refractivity contribution is 7.92. The molecule has 0 aliphatic carbocycles. The van der Waals surface area contributed by atoms with Crippen LogP contribution in [0, 0.1) is 6.92 Å². The lowest BCUT2D eigenvalue weighted by atomic mass is 10.2. The van der Waals surface area contributed by atoms with E-state index in [1.165, 1.54) is 18.2 Å². The molecule has 150 valence electrons. The molecule has 30 heavy (non-hydrogen) atoms. The van der Waals surface area contributed by atoms with Crippen LogP contribution < -0.4 is 10.0 Å². The molecule has 0 aliphatic heterocycles. The standard InChI is InChI=1S/C23H19N3O3S/c1-16-6-4-9-19(14-16)26-30(28,29)20-10-5-8-18(15-20)23(27)25-22-13-12-17-7-2-3-11-21(17)24-22/h2-15,26H,1H3,(H,24,25,27). The van der Waals surface area contributed by atoms with Crippen LogP contribution in [0.2, 0.25) is 0 Å². The van der Waals surface area contributed by atoms with E-state index in [-0.39, 0.29) is 10.5 Å². The minimum absolute atomic E-state index is 0.00290. The van der Waals surface area contributed by atoms with Crippen LogP contribution in [-0.4, -0.2) is 19.3 Å². The van der Waals surface area contributed by atoms with Gasteiger partial charge in [-0.3, -0.25) is 9.52 Å². The molecule has 0 saturated heterocycles. The van der Waals surface area contributed by atoms with Crippen LogP contribution >= 0.6 is 0 Å². The van der Waals surface area contributed by atoms with E-state index in [1.807, 2.05) is 43.3 Å². The summed E-state index contributed by atoms with van der Waals surface area (Å²) in [5.41, 5.74) is 2.38. The van der Waals surface area contributed by atoms with E-state index < -0.39 is 15.9 Å². The second-order valence-electron chi connectivity index (χ2n) is 6.85. The van der Waals surface area contributed by atoms with Gasteiger partial charge in [-0.1, -0.05) is 36.4 Å². The first-order chi connectivity index (χ1) is 14.4. The van der Waals surface area contributed by atoms with E-state index in [9.17, 15) is 13.2 Å². The molecule has 0 unspecified atom stereocenters. The van der Waals surface area contributed by atoms with Gasteiger partial charge in [-0.2, -0.15) is 0 Å². The van der Waals surface area contributed by atoms with Crippen LogP contribution in [-0.2, 0) is 10.0 Å². The van der Waals surface area contributed by atoms with E-state index in [0.29, 0.717) is 11.5 Å². The number of amides is 1.